The zero-order valence-corrected chi connectivity index (χ0v) is 10.5. The first-order chi connectivity index (χ1) is 7.70. The maximum Gasteiger partial charge on any atom is 0.0642 e. The summed E-state index contributed by atoms with van der Waals surface area (Å²) in [4.78, 5) is 0. The molecule has 0 amide bonds. The van der Waals surface area contributed by atoms with E-state index < -0.39 is 0 Å². The lowest BCUT2D eigenvalue weighted by Crippen LogP contribution is -2.48. The predicted octanol–water partition coefficient (Wildman–Crippen LogP) is 1.72. The quantitative estimate of drug-likeness (QED) is 0.651. The molecular weight excluding hydrogens is 202 g/mol. The zero-order chi connectivity index (χ0) is 11.9. The van der Waals surface area contributed by atoms with Crippen LogP contribution in [0.15, 0.2) is 12.2 Å². The van der Waals surface area contributed by atoms with Crippen molar-refractivity contribution in [3.63, 3.8) is 0 Å². The minimum absolute atomic E-state index is 0.0926. The Balaban J connectivity index is 2.33. The van der Waals surface area contributed by atoms with Crippen molar-refractivity contribution >= 4 is 0 Å². The highest BCUT2D eigenvalue weighted by Gasteiger charge is 2.24. The largest absolute Gasteiger partial charge is 0.396 e. The molecule has 0 aromatic rings. The molecule has 2 unspecified atom stereocenters. The van der Waals surface area contributed by atoms with E-state index in [1.165, 1.54) is 19.3 Å². The molecule has 3 heteroatoms. The van der Waals surface area contributed by atoms with Gasteiger partial charge in [-0.15, -0.1) is 0 Å². The van der Waals surface area contributed by atoms with Crippen molar-refractivity contribution in [3.05, 3.63) is 12.2 Å². The van der Waals surface area contributed by atoms with Gasteiger partial charge >= 0.3 is 0 Å². The van der Waals surface area contributed by atoms with Crippen LogP contribution in [-0.4, -0.2) is 37.5 Å². The van der Waals surface area contributed by atoms with Crippen molar-refractivity contribution in [2.24, 2.45) is 5.92 Å². The van der Waals surface area contributed by atoms with Gasteiger partial charge in [-0.2, -0.15) is 0 Å². The van der Waals surface area contributed by atoms with Crippen LogP contribution in [-0.2, 0) is 4.74 Å². The third kappa shape index (κ3) is 4.64. The first-order valence-corrected chi connectivity index (χ1v) is 6.20. The predicted molar refractivity (Wildman–Crippen MR) is 66.5 cm³/mol. The van der Waals surface area contributed by atoms with Crippen LogP contribution in [0, 0.1) is 5.92 Å². The first-order valence-electron chi connectivity index (χ1n) is 6.20. The zero-order valence-electron chi connectivity index (χ0n) is 10.5. The summed E-state index contributed by atoms with van der Waals surface area (Å²) in [6.07, 6.45) is 8.92. The number of rotatable bonds is 7. The van der Waals surface area contributed by atoms with Crippen molar-refractivity contribution in [2.45, 2.75) is 38.1 Å². The molecule has 16 heavy (non-hydrogen) atoms. The highest BCUT2D eigenvalue weighted by atomic mass is 16.5. The summed E-state index contributed by atoms with van der Waals surface area (Å²) < 4.78 is 5.21. The third-order valence-corrected chi connectivity index (χ3v) is 3.32. The molecule has 0 aromatic carbocycles. The molecule has 0 fully saturated rings. The number of nitrogens with one attached hydrogen (secondary N) is 1. The van der Waals surface area contributed by atoms with Crippen LogP contribution in [0.3, 0.4) is 0 Å². The van der Waals surface area contributed by atoms with Crippen LogP contribution < -0.4 is 5.32 Å². The van der Waals surface area contributed by atoms with Gasteiger partial charge in [-0.05, 0) is 45.1 Å². The molecule has 0 saturated carbocycles. The summed E-state index contributed by atoms with van der Waals surface area (Å²) in [5.74, 6) is 0.736. The Kier molecular flexibility index (Phi) is 6.03. The molecule has 1 rings (SSSR count). The molecule has 1 aliphatic rings. The minimum Gasteiger partial charge on any atom is -0.396 e. The number of methoxy groups -OCH3 is 1. The van der Waals surface area contributed by atoms with E-state index in [-0.39, 0.29) is 12.1 Å². The second kappa shape index (κ2) is 7.05. The average molecular weight is 227 g/mol. The second-order valence-electron chi connectivity index (χ2n) is 5.00. The molecule has 94 valence electrons. The van der Waals surface area contributed by atoms with E-state index >= 15 is 0 Å². The van der Waals surface area contributed by atoms with Crippen molar-refractivity contribution in [1.82, 2.24) is 5.32 Å². The number of aliphatic hydroxyl groups excluding tert-OH is 1. The topological polar surface area (TPSA) is 41.5 Å². The van der Waals surface area contributed by atoms with E-state index in [1.54, 1.807) is 7.11 Å². The number of hydrogen-bond donors (Lipinski definition) is 2. The second-order valence-corrected chi connectivity index (χ2v) is 5.00. The molecule has 0 aromatic heterocycles. The van der Waals surface area contributed by atoms with Gasteiger partial charge in [0.1, 0.15) is 0 Å². The van der Waals surface area contributed by atoms with Gasteiger partial charge in [0.05, 0.1) is 6.61 Å². The van der Waals surface area contributed by atoms with Crippen LogP contribution in [0.2, 0.25) is 0 Å². The van der Waals surface area contributed by atoms with E-state index in [4.69, 9.17) is 9.84 Å². The van der Waals surface area contributed by atoms with Crippen LogP contribution in [0.5, 0.6) is 0 Å². The van der Waals surface area contributed by atoms with Gasteiger partial charge < -0.3 is 15.2 Å². The van der Waals surface area contributed by atoms with Crippen LogP contribution in [0.1, 0.15) is 32.6 Å². The fourth-order valence-electron chi connectivity index (χ4n) is 2.21. The number of hydrogen-bond acceptors (Lipinski definition) is 3. The fraction of sp³-hybridized carbons (Fsp3) is 0.846. The van der Waals surface area contributed by atoms with E-state index in [9.17, 15) is 0 Å². The van der Waals surface area contributed by atoms with Crippen molar-refractivity contribution in [3.8, 4) is 0 Å². The molecule has 1 aliphatic carbocycles. The normalized spacial score (nSPS) is 24.3. The Morgan fingerprint density at radius 3 is 2.88 bits per heavy atom. The van der Waals surface area contributed by atoms with Crippen LogP contribution in [0.25, 0.3) is 0 Å². The van der Waals surface area contributed by atoms with Gasteiger partial charge in [0.2, 0.25) is 0 Å². The summed E-state index contributed by atoms with van der Waals surface area (Å²) in [6, 6.07) is 0. The van der Waals surface area contributed by atoms with E-state index in [0.717, 1.165) is 18.9 Å². The molecule has 0 bridgehead atoms. The molecule has 0 radical (unpaired) electrons. The van der Waals surface area contributed by atoms with Crippen molar-refractivity contribution in [1.29, 1.82) is 0 Å². The van der Waals surface area contributed by atoms with Crippen molar-refractivity contribution < 1.29 is 9.84 Å². The maximum absolute atomic E-state index is 9.06. The highest BCUT2D eigenvalue weighted by Crippen LogP contribution is 2.19. The lowest BCUT2D eigenvalue weighted by Gasteiger charge is -2.32. The van der Waals surface area contributed by atoms with E-state index in [1.807, 2.05) is 0 Å². The molecule has 0 saturated heterocycles. The molecule has 0 aliphatic heterocycles. The summed E-state index contributed by atoms with van der Waals surface area (Å²) in [7, 11) is 1.71. The standard InChI is InChI=1S/C13H25NO2/c1-13(8-9-15,11-16-2)14-10-12-6-4-3-5-7-12/h3-4,12,14-15H,5-11H2,1-2H3. The van der Waals surface area contributed by atoms with Crippen molar-refractivity contribution in [2.75, 3.05) is 26.9 Å². The average Bonchev–Trinajstić information content (AvgIpc) is 2.29. The summed E-state index contributed by atoms with van der Waals surface area (Å²) in [5.41, 5.74) is -0.0926. The summed E-state index contributed by atoms with van der Waals surface area (Å²) in [6.45, 7) is 3.99. The molecule has 2 N–H and O–H groups in total. The first kappa shape index (κ1) is 13.7. The third-order valence-electron chi connectivity index (χ3n) is 3.32. The van der Waals surface area contributed by atoms with Gasteiger partial charge in [0.15, 0.2) is 0 Å². The van der Waals surface area contributed by atoms with Gasteiger partial charge in [-0.3, -0.25) is 0 Å². The minimum atomic E-state index is -0.0926. The van der Waals surface area contributed by atoms with Gasteiger partial charge in [0, 0.05) is 19.3 Å². The fourth-order valence-corrected chi connectivity index (χ4v) is 2.21. The summed E-state index contributed by atoms with van der Waals surface area (Å²) in [5, 5.41) is 12.6. The maximum atomic E-state index is 9.06. The Hall–Kier alpha value is -0.380. The van der Waals surface area contributed by atoms with Crippen LogP contribution in [0.4, 0.5) is 0 Å². The number of allylic oxidation sites excluding steroid dienone is 2. The highest BCUT2D eigenvalue weighted by molar-refractivity contribution is 4.92. The number of aliphatic hydroxyl groups is 1. The monoisotopic (exact) mass is 227 g/mol. The van der Waals surface area contributed by atoms with Gasteiger partial charge in [-0.1, -0.05) is 12.2 Å². The summed E-state index contributed by atoms with van der Waals surface area (Å²) >= 11 is 0. The lowest BCUT2D eigenvalue weighted by atomic mass is 9.92. The number of ether oxygens (including phenoxy) is 1. The van der Waals surface area contributed by atoms with E-state index in [0.29, 0.717) is 6.61 Å². The molecule has 2 atom stereocenters. The van der Waals surface area contributed by atoms with Crippen LogP contribution >= 0.6 is 0 Å². The molecular formula is C13H25NO2. The Labute approximate surface area is 98.9 Å². The van der Waals surface area contributed by atoms with Gasteiger partial charge in [0.25, 0.3) is 0 Å². The SMILES string of the molecule is COCC(C)(CCO)NCC1CC=CCC1. The molecule has 0 spiro atoms. The Bertz CT molecular complexity index is 210. The van der Waals surface area contributed by atoms with E-state index in [2.05, 4.69) is 24.4 Å². The smallest absolute Gasteiger partial charge is 0.0642 e. The lowest BCUT2D eigenvalue weighted by molar-refractivity contribution is 0.0946. The molecule has 3 nitrogen and oxygen atoms in total. The Morgan fingerprint density at radius 2 is 2.31 bits per heavy atom. The molecule has 0 heterocycles. The Morgan fingerprint density at radius 1 is 1.50 bits per heavy atom. The van der Waals surface area contributed by atoms with Gasteiger partial charge in [-0.25, -0.2) is 0 Å².